The maximum atomic E-state index is 11.4. The van der Waals surface area contributed by atoms with E-state index in [1.54, 1.807) is 0 Å². The van der Waals surface area contributed by atoms with Crippen LogP contribution >= 0.6 is 0 Å². The van der Waals surface area contributed by atoms with Crippen LogP contribution in [-0.2, 0) is 4.79 Å². The van der Waals surface area contributed by atoms with Crippen molar-refractivity contribution in [1.29, 1.82) is 0 Å². The van der Waals surface area contributed by atoms with Gasteiger partial charge in [0.2, 0.25) is 0 Å². The molecule has 0 heterocycles. The molecule has 98 valence electrons. The highest BCUT2D eigenvalue weighted by Gasteiger charge is 2.20. The first-order valence-corrected chi connectivity index (χ1v) is 6.26. The van der Waals surface area contributed by atoms with Crippen LogP contribution in [0.15, 0.2) is 0 Å². The minimum Gasteiger partial charge on any atom is -0.480 e. The second kappa shape index (κ2) is 6.47. The standard InChI is InChI=1S/C12H22N2O3/c1-8-4-3-5-10(6-8)7-13-12(17)14-9(2)11(15)16/h8-10H,3-7H2,1-2H3,(H,15,16)(H2,13,14,17). The first-order chi connectivity index (χ1) is 7.99. The highest BCUT2D eigenvalue weighted by molar-refractivity contribution is 5.82. The molecule has 0 aromatic carbocycles. The van der Waals surface area contributed by atoms with Crippen LogP contribution in [0, 0.1) is 11.8 Å². The van der Waals surface area contributed by atoms with Gasteiger partial charge in [-0.3, -0.25) is 4.79 Å². The summed E-state index contributed by atoms with van der Waals surface area (Å²) >= 11 is 0. The van der Waals surface area contributed by atoms with Gasteiger partial charge in [-0.2, -0.15) is 0 Å². The third-order valence-electron chi connectivity index (χ3n) is 3.31. The molecule has 1 aliphatic carbocycles. The Balaban J connectivity index is 2.21. The summed E-state index contributed by atoms with van der Waals surface area (Å²) in [5, 5.41) is 13.8. The van der Waals surface area contributed by atoms with Crippen molar-refractivity contribution in [2.24, 2.45) is 11.8 Å². The van der Waals surface area contributed by atoms with Gasteiger partial charge in [-0.1, -0.05) is 19.8 Å². The molecule has 0 spiro atoms. The Morgan fingerprint density at radius 1 is 1.41 bits per heavy atom. The molecule has 0 saturated heterocycles. The van der Waals surface area contributed by atoms with Crippen LogP contribution in [0.5, 0.6) is 0 Å². The molecule has 0 bridgehead atoms. The summed E-state index contributed by atoms with van der Waals surface area (Å²) in [7, 11) is 0. The lowest BCUT2D eigenvalue weighted by atomic mass is 9.82. The van der Waals surface area contributed by atoms with Gasteiger partial charge in [-0.25, -0.2) is 4.79 Å². The molecule has 1 fully saturated rings. The number of aliphatic carboxylic acids is 1. The normalized spacial score (nSPS) is 26.0. The molecular weight excluding hydrogens is 220 g/mol. The van der Waals surface area contributed by atoms with Crippen molar-refractivity contribution in [1.82, 2.24) is 10.6 Å². The Labute approximate surface area is 102 Å². The molecule has 1 saturated carbocycles. The van der Waals surface area contributed by atoms with Crippen LogP contribution in [0.3, 0.4) is 0 Å². The van der Waals surface area contributed by atoms with E-state index in [0.717, 1.165) is 18.8 Å². The van der Waals surface area contributed by atoms with Crippen LogP contribution in [0.4, 0.5) is 4.79 Å². The van der Waals surface area contributed by atoms with E-state index in [4.69, 9.17) is 5.11 Å². The molecule has 3 N–H and O–H groups in total. The van der Waals surface area contributed by atoms with Crippen molar-refractivity contribution < 1.29 is 14.7 Å². The monoisotopic (exact) mass is 242 g/mol. The fourth-order valence-electron chi connectivity index (χ4n) is 2.29. The van der Waals surface area contributed by atoms with Crippen molar-refractivity contribution >= 4 is 12.0 Å². The molecule has 5 heteroatoms. The maximum Gasteiger partial charge on any atom is 0.325 e. The lowest BCUT2D eigenvalue weighted by Gasteiger charge is -2.26. The maximum absolute atomic E-state index is 11.4. The van der Waals surface area contributed by atoms with Gasteiger partial charge in [0.1, 0.15) is 6.04 Å². The van der Waals surface area contributed by atoms with Crippen molar-refractivity contribution in [3.63, 3.8) is 0 Å². The number of carbonyl (C=O) groups is 2. The molecule has 3 atom stereocenters. The number of nitrogens with one attached hydrogen (secondary N) is 2. The molecule has 2 amide bonds. The zero-order valence-corrected chi connectivity index (χ0v) is 10.5. The third-order valence-corrected chi connectivity index (χ3v) is 3.31. The average molecular weight is 242 g/mol. The predicted octanol–water partition coefficient (Wildman–Crippen LogP) is 1.58. The topological polar surface area (TPSA) is 78.4 Å². The van der Waals surface area contributed by atoms with Gasteiger partial charge in [0, 0.05) is 6.54 Å². The number of carbonyl (C=O) groups excluding carboxylic acids is 1. The second-order valence-electron chi connectivity index (χ2n) is 5.05. The Morgan fingerprint density at radius 2 is 2.12 bits per heavy atom. The number of hydrogen-bond donors (Lipinski definition) is 3. The Hall–Kier alpha value is -1.26. The number of amides is 2. The van der Waals surface area contributed by atoms with Crippen molar-refractivity contribution in [2.45, 2.75) is 45.6 Å². The largest absolute Gasteiger partial charge is 0.480 e. The fraction of sp³-hybridized carbons (Fsp3) is 0.833. The summed E-state index contributed by atoms with van der Waals surface area (Å²) in [6.45, 7) is 4.33. The lowest BCUT2D eigenvalue weighted by Crippen LogP contribution is -2.45. The molecule has 1 aliphatic rings. The Morgan fingerprint density at radius 3 is 2.71 bits per heavy atom. The van der Waals surface area contributed by atoms with Crippen LogP contribution in [0.25, 0.3) is 0 Å². The number of carboxylic acids is 1. The summed E-state index contributed by atoms with van der Waals surface area (Å²) in [4.78, 5) is 21.9. The van der Waals surface area contributed by atoms with Crippen LogP contribution in [0.2, 0.25) is 0 Å². The summed E-state index contributed by atoms with van der Waals surface area (Å²) in [5.41, 5.74) is 0. The average Bonchev–Trinajstić information content (AvgIpc) is 2.26. The van der Waals surface area contributed by atoms with Gasteiger partial charge in [-0.15, -0.1) is 0 Å². The smallest absolute Gasteiger partial charge is 0.325 e. The van der Waals surface area contributed by atoms with E-state index in [9.17, 15) is 9.59 Å². The molecule has 0 radical (unpaired) electrons. The molecule has 17 heavy (non-hydrogen) atoms. The van der Waals surface area contributed by atoms with Gasteiger partial charge in [-0.05, 0) is 31.6 Å². The van der Waals surface area contributed by atoms with E-state index in [2.05, 4.69) is 17.6 Å². The minimum atomic E-state index is -1.02. The summed E-state index contributed by atoms with van der Waals surface area (Å²) < 4.78 is 0. The van der Waals surface area contributed by atoms with Crippen LogP contribution < -0.4 is 10.6 Å². The van der Waals surface area contributed by atoms with Gasteiger partial charge in [0.05, 0.1) is 0 Å². The van der Waals surface area contributed by atoms with E-state index in [1.807, 2.05) is 0 Å². The molecule has 1 rings (SSSR count). The van der Waals surface area contributed by atoms with Crippen LogP contribution in [0.1, 0.15) is 39.5 Å². The van der Waals surface area contributed by atoms with E-state index in [-0.39, 0.29) is 0 Å². The lowest BCUT2D eigenvalue weighted by molar-refractivity contribution is -0.138. The Bertz CT molecular complexity index is 281. The van der Waals surface area contributed by atoms with E-state index >= 15 is 0 Å². The van der Waals surface area contributed by atoms with Crippen molar-refractivity contribution in [3.8, 4) is 0 Å². The molecule has 0 aliphatic heterocycles. The molecular formula is C12H22N2O3. The minimum absolute atomic E-state index is 0.391. The van der Waals surface area contributed by atoms with E-state index in [0.29, 0.717) is 12.5 Å². The third kappa shape index (κ3) is 5.06. The molecule has 0 aromatic rings. The van der Waals surface area contributed by atoms with Gasteiger partial charge < -0.3 is 15.7 Å². The summed E-state index contributed by atoms with van der Waals surface area (Å²) in [6, 6.07) is -1.24. The number of rotatable bonds is 4. The van der Waals surface area contributed by atoms with E-state index < -0.39 is 18.0 Å². The first kappa shape index (κ1) is 13.8. The highest BCUT2D eigenvalue weighted by atomic mass is 16.4. The first-order valence-electron chi connectivity index (χ1n) is 6.26. The van der Waals surface area contributed by atoms with E-state index in [1.165, 1.54) is 19.8 Å². The van der Waals surface area contributed by atoms with Crippen LogP contribution in [-0.4, -0.2) is 29.7 Å². The second-order valence-corrected chi connectivity index (χ2v) is 5.05. The van der Waals surface area contributed by atoms with Gasteiger partial charge >= 0.3 is 12.0 Å². The number of carboxylic acid groups (broad SMARTS) is 1. The molecule has 0 aromatic heterocycles. The number of hydrogen-bond acceptors (Lipinski definition) is 2. The van der Waals surface area contributed by atoms with Crippen molar-refractivity contribution in [2.75, 3.05) is 6.54 Å². The Kier molecular flexibility index (Phi) is 5.25. The number of urea groups is 1. The highest BCUT2D eigenvalue weighted by Crippen LogP contribution is 2.27. The summed E-state index contributed by atoms with van der Waals surface area (Å²) in [5.74, 6) is 0.243. The molecule has 5 nitrogen and oxygen atoms in total. The zero-order chi connectivity index (χ0) is 12.8. The summed E-state index contributed by atoms with van der Waals surface area (Å²) in [6.07, 6.45) is 4.80. The van der Waals surface area contributed by atoms with Gasteiger partial charge in [0.25, 0.3) is 0 Å². The van der Waals surface area contributed by atoms with Crippen molar-refractivity contribution in [3.05, 3.63) is 0 Å². The quantitative estimate of drug-likeness (QED) is 0.700. The van der Waals surface area contributed by atoms with Gasteiger partial charge in [0.15, 0.2) is 0 Å². The predicted molar refractivity (Wildman–Crippen MR) is 64.8 cm³/mol. The SMILES string of the molecule is CC1CCCC(CNC(=O)NC(C)C(=O)O)C1. The zero-order valence-electron chi connectivity index (χ0n) is 10.5. The molecule has 3 unspecified atom stereocenters. The fourth-order valence-corrected chi connectivity index (χ4v) is 2.29.